The molecule has 0 bridgehead atoms. The van der Waals surface area contributed by atoms with Gasteiger partial charge in [0.1, 0.15) is 0 Å². The first-order chi connectivity index (χ1) is 7.24. The summed E-state index contributed by atoms with van der Waals surface area (Å²) in [5.74, 6) is -0.226. The SMILES string of the molecule is O=C(O)CCSc1nnc(NC2CC2)s1. The van der Waals surface area contributed by atoms with Crippen molar-refractivity contribution in [1.29, 1.82) is 0 Å². The molecule has 1 aromatic rings. The van der Waals surface area contributed by atoms with Gasteiger partial charge in [-0.05, 0) is 12.8 Å². The molecule has 1 fully saturated rings. The maximum Gasteiger partial charge on any atom is 0.304 e. The summed E-state index contributed by atoms with van der Waals surface area (Å²) in [4.78, 5) is 10.3. The Morgan fingerprint density at radius 2 is 2.40 bits per heavy atom. The number of anilines is 1. The number of hydrogen-bond donors (Lipinski definition) is 2. The molecular formula is C8H11N3O2S2. The lowest BCUT2D eigenvalue weighted by atomic mass is 10.5. The van der Waals surface area contributed by atoms with Crippen molar-refractivity contribution in [2.24, 2.45) is 0 Å². The fourth-order valence-corrected chi connectivity index (χ4v) is 2.78. The van der Waals surface area contributed by atoms with Gasteiger partial charge in [-0.15, -0.1) is 10.2 Å². The lowest BCUT2D eigenvalue weighted by Gasteiger charge is -1.94. The van der Waals surface area contributed by atoms with Crippen LogP contribution >= 0.6 is 23.1 Å². The van der Waals surface area contributed by atoms with Gasteiger partial charge < -0.3 is 10.4 Å². The van der Waals surface area contributed by atoms with Crippen molar-refractivity contribution >= 4 is 34.2 Å². The molecule has 7 heteroatoms. The van der Waals surface area contributed by atoms with E-state index in [-0.39, 0.29) is 6.42 Å². The van der Waals surface area contributed by atoms with Gasteiger partial charge in [0.15, 0.2) is 4.34 Å². The molecule has 0 radical (unpaired) electrons. The normalized spacial score (nSPS) is 15.2. The van der Waals surface area contributed by atoms with Gasteiger partial charge >= 0.3 is 5.97 Å². The number of rotatable bonds is 6. The van der Waals surface area contributed by atoms with E-state index in [0.717, 1.165) is 9.47 Å². The minimum absolute atomic E-state index is 0.162. The number of carboxylic acid groups (broad SMARTS) is 1. The average Bonchev–Trinajstić information content (AvgIpc) is 2.86. The minimum atomic E-state index is -0.775. The topological polar surface area (TPSA) is 75.1 Å². The van der Waals surface area contributed by atoms with Crippen molar-refractivity contribution in [2.75, 3.05) is 11.1 Å². The first-order valence-electron chi connectivity index (χ1n) is 4.68. The van der Waals surface area contributed by atoms with Crippen LogP contribution in [0.3, 0.4) is 0 Å². The molecule has 0 spiro atoms. The third kappa shape index (κ3) is 3.67. The Kier molecular flexibility index (Phi) is 3.42. The molecule has 1 heterocycles. The molecule has 2 N–H and O–H groups in total. The highest BCUT2D eigenvalue weighted by Crippen LogP contribution is 2.30. The number of nitrogens with zero attached hydrogens (tertiary/aromatic N) is 2. The number of carbonyl (C=O) groups is 1. The molecule has 0 atom stereocenters. The highest BCUT2D eigenvalue weighted by molar-refractivity contribution is 8.01. The molecule has 0 saturated heterocycles. The standard InChI is InChI=1S/C8H11N3O2S2/c12-6(13)3-4-14-8-11-10-7(15-8)9-5-1-2-5/h5H,1-4H2,(H,9,10)(H,12,13). The number of thioether (sulfide) groups is 1. The van der Waals surface area contributed by atoms with Crippen LogP contribution in [0.2, 0.25) is 0 Å². The quantitative estimate of drug-likeness (QED) is 0.743. The second-order valence-corrected chi connectivity index (χ2v) is 5.60. The summed E-state index contributed by atoms with van der Waals surface area (Å²) >= 11 is 2.93. The van der Waals surface area contributed by atoms with Gasteiger partial charge in [0, 0.05) is 11.8 Å². The van der Waals surface area contributed by atoms with Crippen LogP contribution in [0.4, 0.5) is 5.13 Å². The zero-order chi connectivity index (χ0) is 10.7. The van der Waals surface area contributed by atoms with Crippen LogP contribution in [0.15, 0.2) is 4.34 Å². The number of nitrogens with one attached hydrogen (secondary N) is 1. The molecule has 2 rings (SSSR count). The molecule has 15 heavy (non-hydrogen) atoms. The second kappa shape index (κ2) is 4.80. The molecule has 1 saturated carbocycles. The summed E-state index contributed by atoms with van der Waals surface area (Å²) in [5.41, 5.74) is 0. The highest BCUT2D eigenvalue weighted by atomic mass is 32.2. The lowest BCUT2D eigenvalue weighted by molar-refractivity contribution is -0.136. The second-order valence-electron chi connectivity index (χ2n) is 3.28. The van der Waals surface area contributed by atoms with Gasteiger partial charge in [-0.1, -0.05) is 23.1 Å². The maximum atomic E-state index is 10.3. The Balaban J connectivity index is 1.75. The predicted octanol–water partition coefficient (Wildman–Crippen LogP) is 1.68. The van der Waals surface area contributed by atoms with Crippen molar-refractivity contribution in [3.63, 3.8) is 0 Å². The van der Waals surface area contributed by atoms with Gasteiger partial charge in [0.25, 0.3) is 0 Å². The fraction of sp³-hybridized carbons (Fsp3) is 0.625. The van der Waals surface area contributed by atoms with Crippen LogP contribution < -0.4 is 5.32 Å². The molecule has 82 valence electrons. The first-order valence-corrected chi connectivity index (χ1v) is 6.49. The van der Waals surface area contributed by atoms with E-state index in [9.17, 15) is 4.79 Å². The smallest absolute Gasteiger partial charge is 0.304 e. The first kappa shape index (κ1) is 10.7. The summed E-state index contributed by atoms with van der Waals surface area (Å²) in [6.07, 6.45) is 2.58. The molecule has 0 aromatic carbocycles. The monoisotopic (exact) mass is 245 g/mol. The van der Waals surface area contributed by atoms with Crippen molar-refractivity contribution < 1.29 is 9.90 Å². The predicted molar refractivity (Wildman–Crippen MR) is 59.5 cm³/mol. The molecule has 5 nitrogen and oxygen atoms in total. The Morgan fingerprint density at radius 1 is 1.60 bits per heavy atom. The molecule has 1 aromatic heterocycles. The van der Waals surface area contributed by atoms with E-state index in [1.807, 2.05) is 0 Å². The van der Waals surface area contributed by atoms with E-state index >= 15 is 0 Å². The Morgan fingerprint density at radius 3 is 3.07 bits per heavy atom. The Labute approximate surface area is 95.3 Å². The number of hydrogen-bond acceptors (Lipinski definition) is 6. The van der Waals surface area contributed by atoms with Crippen molar-refractivity contribution in [3.05, 3.63) is 0 Å². The van der Waals surface area contributed by atoms with E-state index in [2.05, 4.69) is 15.5 Å². The van der Waals surface area contributed by atoms with Gasteiger partial charge in [-0.25, -0.2) is 0 Å². The van der Waals surface area contributed by atoms with E-state index in [1.54, 1.807) is 0 Å². The van der Waals surface area contributed by atoms with E-state index in [0.29, 0.717) is 11.8 Å². The maximum absolute atomic E-state index is 10.3. The summed E-state index contributed by atoms with van der Waals surface area (Å²) in [5, 5.41) is 20.5. The third-order valence-electron chi connectivity index (χ3n) is 1.85. The zero-order valence-corrected chi connectivity index (χ0v) is 9.61. The largest absolute Gasteiger partial charge is 0.481 e. The number of aromatic nitrogens is 2. The summed E-state index contributed by atoms with van der Waals surface area (Å²) in [6, 6.07) is 0.579. The summed E-state index contributed by atoms with van der Waals surface area (Å²) in [6.45, 7) is 0. The zero-order valence-electron chi connectivity index (χ0n) is 7.97. The molecule has 0 unspecified atom stereocenters. The number of aliphatic carboxylic acids is 1. The highest BCUT2D eigenvalue weighted by Gasteiger charge is 2.22. The Bertz CT molecular complexity index is 351. The lowest BCUT2D eigenvalue weighted by Crippen LogP contribution is -1.99. The fourth-order valence-electron chi connectivity index (χ4n) is 0.954. The van der Waals surface area contributed by atoms with Crippen molar-refractivity contribution in [2.45, 2.75) is 29.6 Å². The van der Waals surface area contributed by atoms with Crippen molar-refractivity contribution in [3.8, 4) is 0 Å². The van der Waals surface area contributed by atoms with Gasteiger partial charge in [0.2, 0.25) is 5.13 Å². The van der Waals surface area contributed by atoms with Gasteiger partial charge in [0.05, 0.1) is 6.42 Å². The molecule has 1 aliphatic rings. The molecule has 0 amide bonds. The van der Waals surface area contributed by atoms with E-state index in [4.69, 9.17) is 5.11 Å². The van der Waals surface area contributed by atoms with Crippen LogP contribution in [-0.4, -0.2) is 33.1 Å². The van der Waals surface area contributed by atoms with E-state index < -0.39 is 5.97 Å². The van der Waals surface area contributed by atoms with E-state index in [1.165, 1.54) is 35.9 Å². The van der Waals surface area contributed by atoms with Crippen LogP contribution in [-0.2, 0) is 4.79 Å². The Hall–Kier alpha value is -0.820. The van der Waals surface area contributed by atoms with Crippen LogP contribution in [0.5, 0.6) is 0 Å². The third-order valence-corrected chi connectivity index (χ3v) is 3.84. The van der Waals surface area contributed by atoms with Gasteiger partial charge in [-0.3, -0.25) is 4.79 Å². The number of carboxylic acids is 1. The van der Waals surface area contributed by atoms with Crippen LogP contribution in [0.1, 0.15) is 19.3 Å². The van der Waals surface area contributed by atoms with Crippen LogP contribution in [0.25, 0.3) is 0 Å². The van der Waals surface area contributed by atoms with Gasteiger partial charge in [-0.2, -0.15) is 0 Å². The molecule has 1 aliphatic carbocycles. The molecule has 0 aliphatic heterocycles. The molecular weight excluding hydrogens is 234 g/mol. The van der Waals surface area contributed by atoms with Crippen molar-refractivity contribution in [1.82, 2.24) is 10.2 Å². The summed E-state index contributed by atoms with van der Waals surface area (Å²) in [7, 11) is 0. The summed E-state index contributed by atoms with van der Waals surface area (Å²) < 4.78 is 0.833. The van der Waals surface area contributed by atoms with Crippen LogP contribution in [0, 0.1) is 0 Å². The minimum Gasteiger partial charge on any atom is -0.481 e. The average molecular weight is 245 g/mol.